The summed E-state index contributed by atoms with van der Waals surface area (Å²) in [6.45, 7) is 1.60. The Hall–Kier alpha value is -4.01. The van der Waals surface area contributed by atoms with E-state index in [4.69, 9.17) is 13.9 Å². The first-order valence-electron chi connectivity index (χ1n) is 8.57. The van der Waals surface area contributed by atoms with Crippen LogP contribution < -0.4 is 4.74 Å². The van der Waals surface area contributed by atoms with E-state index in [1.54, 1.807) is 44.4 Å². The standard InChI is InChI=1S/C20H17N3O6/c1-13(28-18(24)12-5-14-3-10-17(27-2)11-4-14)19-21-22-20(29-19)15-6-8-16(9-7-15)23(25)26/h3-13H,1-2H3/b12-5+/t13-/m1/s1. The molecule has 0 N–H and O–H groups in total. The van der Waals surface area contributed by atoms with Gasteiger partial charge in [-0.15, -0.1) is 10.2 Å². The second kappa shape index (κ2) is 8.79. The number of carbonyl (C=O) groups is 1. The van der Waals surface area contributed by atoms with E-state index in [9.17, 15) is 14.9 Å². The van der Waals surface area contributed by atoms with Gasteiger partial charge in [0.05, 0.1) is 12.0 Å². The molecule has 29 heavy (non-hydrogen) atoms. The van der Waals surface area contributed by atoms with Gasteiger partial charge in [-0.3, -0.25) is 10.1 Å². The molecule has 0 amide bonds. The maximum absolute atomic E-state index is 12.0. The normalized spacial score (nSPS) is 11.9. The summed E-state index contributed by atoms with van der Waals surface area (Å²) < 4.78 is 15.9. The Morgan fingerprint density at radius 3 is 2.45 bits per heavy atom. The van der Waals surface area contributed by atoms with Crippen LogP contribution in [0.3, 0.4) is 0 Å². The molecule has 0 fully saturated rings. The third-order valence-corrected chi connectivity index (χ3v) is 3.93. The average molecular weight is 395 g/mol. The molecule has 3 rings (SSSR count). The van der Waals surface area contributed by atoms with Crippen molar-refractivity contribution in [2.75, 3.05) is 7.11 Å². The smallest absolute Gasteiger partial charge is 0.331 e. The van der Waals surface area contributed by atoms with E-state index in [2.05, 4.69) is 10.2 Å². The maximum atomic E-state index is 12.0. The van der Waals surface area contributed by atoms with Crippen LogP contribution in [0.25, 0.3) is 17.5 Å². The molecule has 1 heterocycles. The van der Waals surface area contributed by atoms with Gasteiger partial charge >= 0.3 is 5.97 Å². The van der Waals surface area contributed by atoms with E-state index < -0.39 is 17.0 Å². The summed E-state index contributed by atoms with van der Waals surface area (Å²) >= 11 is 0. The summed E-state index contributed by atoms with van der Waals surface area (Å²) in [5.41, 5.74) is 1.29. The highest BCUT2D eigenvalue weighted by molar-refractivity contribution is 5.87. The maximum Gasteiger partial charge on any atom is 0.331 e. The Morgan fingerprint density at radius 1 is 1.14 bits per heavy atom. The van der Waals surface area contributed by atoms with Gasteiger partial charge in [0.15, 0.2) is 6.10 Å². The molecule has 0 spiro atoms. The third kappa shape index (κ3) is 5.04. The first-order valence-corrected chi connectivity index (χ1v) is 8.57. The Labute approximate surface area is 165 Å². The number of nitro benzene ring substituents is 1. The minimum atomic E-state index is -0.762. The molecule has 0 aliphatic rings. The predicted molar refractivity (Wildman–Crippen MR) is 103 cm³/mol. The largest absolute Gasteiger partial charge is 0.497 e. The Morgan fingerprint density at radius 2 is 1.83 bits per heavy atom. The number of hydrogen-bond acceptors (Lipinski definition) is 8. The summed E-state index contributed by atoms with van der Waals surface area (Å²) in [6.07, 6.45) is 2.15. The average Bonchev–Trinajstić information content (AvgIpc) is 3.23. The molecule has 9 nitrogen and oxygen atoms in total. The van der Waals surface area contributed by atoms with Gasteiger partial charge in [0.1, 0.15) is 5.75 Å². The summed E-state index contributed by atoms with van der Waals surface area (Å²) in [6, 6.07) is 12.9. The van der Waals surface area contributed by atoms with Crippen molar-refractivity contribution < 1.29 is 23.6 Å². The number of nitro groups is 1. The van der Waals surface area contributed by atoms with E-state index in [0.717, 1.165) is 11.3 Å². The highest BCUT2D eigenvalue weighted by Gasteiger charge is 2.18. The summed E-state index contributed by atoms with van der Waals surface area (Å²) in [5, 5.41) is 18.5. The molecule has 1 aromatic heterocycles. The van der Waals surface area contributed by atoms with Gasteiger partial charge in [-0.1, -0.05) is 12.1 Å². The van der Waals surface area contributed by atoms with Gasteiger partial charge in [-0.2, -0.15) is 0 Å². The first-order chi connectivity index (χ1) is 14.0. The summed E-state index contributed by atoms with van der Waals surface area (Å²) in [4.78, 5) is 22.2. The molecule has 3 aromatic rings. The van der Waals surface area contributed by atoms with Gasteiger partial charge in [0.2, 0.25) is 5.89 Å². The number of aromatic nitrogens is 2. The van der Waals surface area contributed by atoms with E-state index >= 15 is 0 Å². The Bertz CT molecular complexity index is 1030. The Kier molecular flexibility index (Phi) is 5.98. The zero-order valence-corrected chi connectivity index (χ0v) is 15.6. The SMILES string of the molecule is COc1ccc(/C=C/C(=O)O[C@H](C)c2nnc(-c3ccc([N+](=O)[O-])cc3)o2)cc1. The number of methoxy groups -OCH3 is 1. The molecule has 148 valence electrons. The van der Waals surface area contributed by atoms with Crippen LogP contribution in [0.1, 0.15) is 24.5 Å². The van der Waals surface area contributed by atoms with Gasteiger partial charge in [-0.05, 0) is 42.8 Å². The first kappa shape index (κ1) is 19.7. The number of hydrogen-bond donors (Lipinski definition) is 0. The van der Waals surface area contributed by atoms with Crippen LogP contribution >= 0.6 is 0 Å². The van der Waals surface area contributed by atoms with Crippen molar-refractivity contribution in [3.63, 3.8) is 0 Å². The molecular formula is C20H17N3O6. The molecule has 0 radical (unpaired) electrons. The fraction of sp³-hybridized carbons (Fsp3) is 0.150. The monoisotopic (exact) mass is 395 g/mol. The third-order valence-electron chi connectivity index (χ3n) is 3.93. The quantitative estimate of drug-likeness (QED) is 0.255. The number of ether oxygens (including phenoxy) is 2. The lowest BCUT2D eigenvalue weighted by Gasteiger charge is -2.06. The van der Waals surface area contributed by atoms with Crippen LogP contribution in [-0.4, -0.2) is 28.2 Å². The lowest BCUT2D eigenvalue weighted by molar-refractivity contribution is -0.384. The van der Waals surface area contributed by atoms with Gasteiger partial charge < -0.3 is 13.9 Å². The van der Waals surface area contributed by atoms with E-state index in [1.807, 2.05) is 0 Å². The number of benzene rings is 2. The predicted octanol–water partition coefficient (Wildman–Crippen LogP) is 3.97. The fourth-order valence-electron chi connectivity index (χ4n) is 2.38. The lowest BCUT2D eigenvalue weighted by atomic mass is 10.2. The number of esters is 1. The highest BCUT2D eigenvalue weighted by atomic mass is 16.6. The number of rotatable bonds is 7. The second-order valence-electron chi connectivity index (χ2n) is 5.94. The minimum absolute atomic E-state index is 0.0422. The van der Waals surface area contributed by atoms with Crippen molar-refractivity contribution in [2.24, 2.45) is 0 Å². The zero-order chi connectivity index (χ0) is 20.8. The van der Waals surface area contributed by atoms with Crippen LogP contribution in [-0.2, 0) is 9.53 Å². The molecule has 0 unspecified atom stereocenters. The van der Waals surface area contributed by atoms with E-state index in [-0.39, 0.29) is 17.5 Å². The van der Waals surface area contributed by atoms with Gasteiger partial charge in [0, 0.05) is 23.8 Å². The van der Waals surface area contributed by atoms with Crippen LogP contribution in [0, 0.1) is 10.1 Å². The van der Waals surface area contributed by atoms with Crippen LogP contribution in [0.15, 0.2) is 59.0 Å². The van der Waals surface area contributed by atoms with Crippen molar-refractivity contribution in [1.82, 2.24) is 10.2 Å². The number of carbonyl (C=O) groups excluding carboxylic acids is 1. The van der Waals surface area contributed by atoms with Crippen molar-refractivity contribution in [3.05, 3.63) is 76.2 Å². The molecular weight excluding hydrogens is 378 g/mol. The molecule has 0 bridgehead atoms. The minimum Gasteiger partial charge on any atom is -0.497 e. The molecule has 2 aromatic carbocycles. The van der Waals surface area contributed by atoms with Crippen LogP contribution in [0.4, 0.5) is 5.69 Å². The van der Waals surface area contributed by atoms with Crippen LogP contribution in [0.2, 0.25) is 0 Å². The van der Waals surface area contributed by atoms with Gasteiger partial charge in [0.25, 0.3) is 11.6 Å². The second-order valence-corrected chi connectivity index (χ2v) is 5.94. The number of non-ortho nitro benzene ring substituents is 1. The molecule has 9 heteroatoms. The van der Waals surface area contributed by atoms with E-state index in [1.165, 1.54) is 30.3 Å². The van der Waals surface area contributed by atoms with Gasteiger partial charge in [-0.25, -0.2) is 4.79 Å². The highest BCUT2D eigenvalue weighted by Crippen LogP contribution is 2.24. The van der Waals surface area contributed by atoms with E-state index in [0.29, 0.717) is 5.56 Å². The van der Waals surface area contributed by atoms with Crippen molar-refractivity contribution in [3.8, 4) is 17.2 Å². The van der Waals surface area contributed by atoms with Crippen LogP contribution in [0.5, 0.6) is 5.75 Å². The van der Waals surface area contributed by atoms with Crippen molar-refractivity contribution in [1.29, 1.82) is 0 Å². The molecule has 0 saturated heterocycles. The molecule has 0 saturated carbocycles. The zero-order valence-electron chi connectivity index (χ0n) is 15.6. The van der Waals surface area contributed by atoms with Crippen molar-refractivity contribution in [2.45, 2.75) is 13.0 Å². The topological polar surface area (TPSA) is 118 Å². The lowest BCUT2D eigenvalue weighted by Crippen LogP contribution is -2.06. The summed E-state index contributed by atoms with van der Waals surface area (Å²) in [5.74, 6) is 0.443. The molecule has 0 aliphatic carbocycles. The molecule has 1 atom stereocenters. The summed E-state index contributed by atoms with van der Waals surface area (Å²) in [7, 11) is 1.58. The number of nitrogens with zero attached hydrogens (tertiary/aromatic N) is 3. The Balaban J connectivity index is 1.61. The molecule has 0 aliphatic heterocycles. The van der Waals surface area contributed by atoms with Crippen molar-refractivity contribution >= 4 is 17.7 Å². The fourth-order valence-corrected chi connectivity index (χ4v) is 2.38.